The molecule has 0 spiro atoms. The summed E-state index contributed by atoms with van der Waals surface area (Å²) < 4.78 is 36.5. The van der Waals surface area contributed by atoms with Crippen molar-refractivity contribution in [3.63, 3.8) is 0 Å². The Kier molecular flexibility index (Phi) is 6.05. The van der Waals surface area contributed by atoms with E-state index >= 15 is 0 Å². The highest BCUT2D eigenvalue weighted by Gasteiger charge is 2.20. The Labute approximate surface area is 143 Å². The van der Waals surface area contributed by atoms with Gasteiger partial charge < -0.3 is 14.8 Å². The van der Waals surface area contributed by atoms with Crippen molar-refractivity contribution in [2.45, 2.75) is 20.0 Å². The van der Waals surface area contributed by atoms with E-state index in [1.54, 1.807) is 24.3 Å². The van der Waals surface area contributed by atoms with Gasteiger partial charge in [-0.05, 0) is 50.2 Å². The lowest BCUT2D eigenvalue weighted by atomic mass is 10.2. The number of anilines is 1. The molecule has 0 radical (unpaired) electrons. The number of halogens is 2. The van der Waals surface area contributed by atoms with Crippen LogP contribution >= 0.6 is 0 Å². The highest BCUT2D eigenvalue weighted by atomic mass is 19.1. The first kappa shape index (κ1) is 18.4. The lowest BCUT2D eigenvalue weighted by Crippen LogP contribution is -2.30. The molecule has 2 aromatic rings. The summed E-state index contributed by atoms with van der Waals surface area (Å²) in [5, 5.41) is 2.57. The molecule has 5 nitrogen and oxygen atoms in total. The number of rotatable bonds is 6. The molecule has 2 rings (SSSR count). The van der Waals surface area contributed by atoms with E-state index in [-0.39, 0.29) is 5.56 Å². The van der Waals surface area contributed by atoms with Crippen LogP contribution in [0.5, 0.6) is 5.75 Å². The number of esters is 1. The average Bonchev–Trinajstić information content (AvgIpc) is 2.55. The molecule has 0 fully saturated rings. The van der Waals surface area contributed by atoms with E-state index < -0.39 is 29.6 Å². The second-order valence-corrected chi connectivity index (χ2v) is 5.15. The van der Waals surface area contributed by atoms with Crippen molar-refractivity contribution >= 4 is 17.6 Å². The zero-order chi connectivity index (χ0) is 18.4. The van der Waals surface area contributed by atoms with Crippen LogP contribution in [0.4, 0.5) is 14.5 Å². The first-order valence-electron chi connectivity index (χ1n) is 7.60. The van der Waals surface area contributed by atoms with Gasteiger partial charge in [0.25, 0.3) is 5.91 Å². The van der Waals surface area contributed by atoms with Crippen LogP contribution in [0.15, 0.2) is 42.5 Å². The second kappa shape index (κ2) is 8.23. The molecule has 0 unspecified atom stereocenters. The highest BCUT2D eigenvalue weighted by Crippen LogP contribution is 2.16. The predicted octanol–water partition coefficient (Wildman–Crippen LogP) is 3.55. The zero-order valence-electron chi connectivity index (χ0n) is 13.7. The van der Waals surface area contributed by atoms with Crippen molar-refractivity contribution in [1.82, 2.24) is 0 Å². The molecule has 1 atom stereocenters. The summed E-state index contributed by atoms with van der Waals surface area (Å²) in [4.78, 5) is 23.9. The van der Waals surface area contributed by atoms with Crippen molar-refractivity contribution in [3.8, 4) is 5.75 Å². The molecule has 0 aromatic heterocycles. The van der Waals surface area contributed by atoms with Gasteiger partial charge in [-0.1, -0.05) is 0 Å². The Bertz CT molecular complexity index is 742. The fourth-order valence-corrected chi connectivity index (χ4v) is 2.00. The quantitative estimate of drug-likeness (QED) is 0.810. The van der Waals surface area contributed by atoms with E-state index in [0.29, 0.717) is 24.1 Å². The molecule has 0 saturated carbocycles. The fourth-order valence-electron chi connectivity index (χ4n) is 2.00. The van der Waals surface area contributed by atoms with E-state index in [9.17, 15) is 18.4 Å². The average molecular weight is 349 g/mol. The van der Waals surface area contributed by atoms with Gasteiger partial charge in [0.05, 0.1) is 12.2 Å². The van der Waals surface area contributed by atoms with Gasteiger partial charge in [0.15, 0.2) is 6.10 Å². The van der Waals surface area contributed by atoms with E-state index in [0.717, 1.165) is 12.1 Å². The highest BCUT2D eigenvalue weighted by molar-refractivity contribution is 5.97. The Balaban J connectivity index is 1.96. The van der Waals surface area contributed by atoms with E-state index in [1.807, 2.05) is 6.92 Å². The van der Waals surface area contributed by atoms with Crippen LogP contribution in [0.3, 0.4) is 0 Å². The van der Waals surface area contributed by atoms with Gasteiger partial charge in [0.2, 0.25) is 0 Å². The van der Waals surface area contributed by atoms with E-state index in [1.165, 1.54) is 6.92 Å². The molecule has 0 heterocycles. The summed E-state index contributed by atoms with van der Waals surface area (Å²) in [6, 6.07) is 8.96. The van der Waals surface area contributed by atoms with Gasteiger partial charge in [-0.3, -0.25) is 4.79 Å². The van der Waals surface area contributed by atoms with E-state index in [4.69, 9.17) is 9.47 Å². The van der Waals surface area contributed by atoms with Crippen LogP contribution in [0.1, 0.15) is 24.2 Å². The topological polar surface area (TPSA) is 64.6 Å². The van der Waals surface area contributed by atoms with Gasteiger partial charge in [-0.15, -0.1) is 0 Å². The molecule has 25 heavy (non-hydrogen) atoms. The third-order valence-electron chi connectivity index (χ3n) is 3.18. The number of benzene rings is 2. The van der Waals surface area contributed by atoms with Gasteiger partial charge in [0, 0.05) is 11.8 Å². The number of hydrogen-bond donors (Lipinski definition) is 1. The van der Waals surface area contributed by atoms with Gasteiger partial charge >= 0.3 is 5.97 Å². The van der Waals surface area contributed by atoms with Crippen LogP contribution in [-0.4, -0.2) is 24.6 Å². The molecule has 1 amide bonds. The van der Waals surface area contributed by atoms with Crippen molar-refractivity contribution in [3.05, 3.63) is 59.7 Å². The van der Waals surface area contributed by atoms with Gasteiger partial charge in [0.1, 0.15) is 17.4 Å². The molecule has 0 aliphatic heterocycles. The van der Waals surface area contributed by atoms with Gasteiger partial charge in [-0.2, -0.15) is 0 Å². The minimum Gasteiger partial charge on any atom is -0.494 e. The van der Waals surface area contributed by atoms with Crippen LogP contribution < -0.4 is 10.1 Å². The maximum Gasteiger partial charge on any atom is 0.339 e. The zero-order valence-corrected chi connectivity index (χ0v) is 13.7. The number of amides is 1. The fraction of sp³-hybridized carbons (Fsp3) is 0.222. The molecule has 7 heteroatoms. The summed E-state index contributed by atoms with van der Waals surface area (Å²) in [7, 11) is 0. The Morgan fingerprint density at radius 1 is 1.08 bits per heavy atom. The number of hydrogen-bond acceptors (Lipinski definition) is 4. The number of ether oxygens (including phenoxy) is 2. The molecule has 0 aliphatic rings. The Morgan fingerprint density at radius 3 is 2.24 bits per heavy atom. The summed E-state index contributed by atoms with van der Waals surface area (Å²) in [5.41, 5.74) is 0.186. The van der Waals surface area contributed by atoms with Crippen LogP contribution in [-0.2, 0) is 9.53 Å². The van der Waals surface area contributed by atoms with E-state index in [2.05, 4.69) is 5.32 Å². The smallest absolute Gasteiger partial charge is 0.339 e. The van der Waals surface area contributed by atoms with Crippen LogP contribution in [0.25, 0.3) is 0 Å². The monoisotopic (exact) mass is 349 g/mol. The maximum absolute atomic E-state index is 13.1. The lowest BCUT2D eigenvalue weighted by molar-refractivity contribution is -0.123. The largest absolute Gasteiger partial charge is 0.494 e. The van der Waals surface area contributed by atoms with Crippen molar-refractivity contribution < 1.29 is 27.8 Å². The normalized spacial score (nSPS) is 11.5. The summed E-state index contributed by atoms with van der Waals surface area (Å²) in [6.45, 7) is 3.74. The molecule has 132 valence electrons. The third kappa shape index (κ3) is 5.27. The molecular weight excluding hydrogens is 332 g/mol. The second-order valence-electron chi connectivity index (χ2n) is 5.15. The number of nitrogens with one attached hydrogen (secondary N) is 1. The minimum absolute atomic E-state index is 0.307. The minimum atomic E-state index is -1.15. The van der Waals surface area contributed by atoms with Crippen LogP contribution in [0, 0.1) is 11.6 Å². The van der Waals surface area contributed by atoms with Crippen molar-refractivity contribution in [1.29, 1.82) is 0 Å². The third-order valence-corrected chi connectivity index (χ3v) is 3.18. The summed E-state index contributed by atoms with van der Waals surface area (Å²) in [5.74, 6) is -2.72. The van der Waals surface area contributed by atoms with Crippen molar-refractivity contribution in [2.24, 2.45) is 0 Å². The summed E-state index contributed by atoms with van der Waals surface area (Å²) >= 11 is 0. The predicted molar refractivity (Wildman–Crippen MR) is 87.5 cm³/mol. The first-order valence-corrected chi connectivity index (χ1v) is 7.60. The molecule has 0 saturated heterocycles. The standard InChI is InChI=1S/C18H17F2NO4/c1-3-24-16-6-4-15(5-7-16)21-17(22)11(2)25-18(23)12-8-13(19)10-14(20)9-12/h4-11H,3H2,1-2H3,(H,21,22)/t11-/m1/s1. The molecule has 0 bridgehead atoms. The van der Waals surface area contributed by atoms with Gasteiger partial charge in [-0.25, -0.2) is 13.6 Å². The van der Waals surface area contributed by atoms with Crippen molar-refractivity contribution in [2.75, 3.05) is 11.9 Å². The number of carbonyl (C=O) groups excluding carboxylic acids is 2. The maximum atomic E-state index is 13.1. The lowest BCUT2D eigenvalue weighted by Gasteiger charge is -2.14. The van der Waals surface area contributed by atoms with Crippen LogP contribution in [0.2, 0.25) is 0 Å². The molecular formula is C18H17F2NO4. The molecule has 0 aliphatic carbocycles. The molecule has 1 N–H and O–H groups in total. The molecule has 2 aromatic carbocycles. The first-order chi connectivity index (χ1) is 11.9. The summed E-state index contributed by atoms with van der Waals surface area (Å²) in [6.07, 6.45) is -1.15. The Morgan fingerprint density at radius 2 is 1.68 bits per heavy atom. The SMILES string of the molecule is CCOc1ccc(NC(=O)[C@@H](C)OC(=O)c2cc(F)cc(F)c2)cc1. The number of carbonyl (C=O) groups is 2. The Hall–Kier alpha value is -2.96.